The van der Waals surface area contributed by atoms with Gasteiger partial charge in [-0.15, -0.1) is 0 Å². The largest absolute Gasteiger partial charge is 0.364 e. The van der Waals surface area contributed by atoms with E-state index in [-0.39, 0.29) is 5.91 Å². The molecule has 94 valence electrons. The Hall–Kier alpha value is -1.62. The van der Waals surface area contributed by atoms with Crippen molar-refractivity contribution in [1.29, 1.82) is 0 Å². The van der Waals surface area contributed by atoms with Crippen LogP contribution < -0.4 is 16.0 Å². The number of hydrogen-bond acceptors (Lipinski definition) is 4. The third-order valence-electron chi connectivity index (χ3n) is 2.41. The maximum absolute atomic E-state index is 11.5. The molecule has 0 unspecified atom stereocenters. The lowest BCUT2D eigenvalue weighted by Crippen LogP contribution is -2.35. The fourth-order valence-corrected chi connectivity index (χ4v) is 1.39. The van der Waals surface area contributed by atoms with Gasteiger partial charge < -0.3 is 16.0 Å². The van der Waals surface area contributed by atoms with Crippen LogP contribution in [-0.2, 0) is 11.3 Å². The lowest BCUT2D eigenvalue weighted by Gasteiger charge is -2.18. The Balaban J connectivity index is 2.51. The molecule has 1 aromatic heterocycles. The van der Waals surface area contributed by atoms with E-state index in [0.717, 1.165) is 24.3 Å². The number of likely N-dealkylation sites (N-methyl/N-ethyl adjacent to an activating group) is 1. The molecular weight excluding hydrogens is 216 g/mol. The van der Waals surface area contributed by atoms with Crippen molar-refractivity contribution in [2.45, 2.75) is 19.9 Å². The Bertz CT molecular complexity index is 350. The van der Waals surface area contributed by atoms with Crippen LogP contribution in [-0.4, -0.2) is 31.0 Å². The Labute approximate surface area is 102 Å². The van der Waals surface area contributed by atoms with E-state index in [2.05, 4.69) is 10.3 Å². The van der Waals surface area contributed by atoms with E-state index in [4.69, 9.17) is 5.73 Å². The molecular formula is C12H20N4O. The monoisotopic (exact) mass is 236 g/mol. The Morgan fingerprint density at radius 1 is 1.53 bits per heavy atom. The number of nitrogens with one attached hydrogen (secondary N) is 1. The molecule has 0 aliphatic carbocycles. The van der Waals surface area contributed by atoms with Crippen molar-refractivity contribution >= 4 is 11.6 Å². The average molecular weight is 236 g/mol. The van der Waals surface area contributed by atoms with Crippen LogP contribution >= 0.6 is 0 Å². The minimum atomic E-state index is 0.0252. The van der Waals surface area contributed by atoms with Crippen LogP contribution in [0.3, 0.4) is 0 Å². The molecule has 0 aromatic carbocycles. The second kappa shape index (κ2) is 6.85. The van der Waals surface area contributed by atoms with Gasteiger partial charge in [0.25, 0.3) is 0 Å². The van der Waals surface area contributed by atoms with Crippen molar-refractivity contribution in [2.75, 3.05) is 25.0 Å². The molecule has 1 amide bonds. The van der Waals surface area contributed by atoms with E-state index >= 15 is 0 Å². The first-order valence-electron chi connectivity index (χ1n) is 5.80. The van der Waals surface area contributed by atoms with Crippen LogP contribution in [0.15, 0.2) is 18.3 Å². The van der Waals surface area contributed by atoms with E-state index in [0.29, 0.717) is 13.1 Å². The number of nitrogens with two attached hydrogens (primary N) is 1. The van der Waals surface area contributed by atoms with E-state index in [1.54, 1.807) is 6.20 Å². The number of pyridine rings is 1. The van der Waals surface area contributed by atoms with Gasteiger partial charge in [0.1, 0.15) is 0 Å². The van der Waals surface area contributed by atoms with Gasteiger partial charge in [0.15, 0.2) is 0 Å². The van der Waals surface area contributed by atoms with Gasteiger partial charge in [-0.25, -0.2) is 0 Å². The molecule has 3 N–H and O–H groups in total. The number of hydrogen-bond donors (Lipinski definition) is 2. The van der Waals surface area contributed by atoms with Gasteiger partial charge in [0.2, 0.25) is 5.91 Å². The van der Waals surface area contributed by atoms with Crippen molar-refractivity contribution in [1.82, 2.24) is 10.3 Å². The molecule has 0 saturated carbocycles. The predicted molar refractivity (Wildman–Crippen MR) is 68.7 cm³/mol. The number of carbonyl (C=O) groups is 1. The highest BCUT2D eigenvalue weighted by Gasteiger charge is 2.06. The lowest BCUT2D eigenvalue weighted by atomic mass is 10.3. The first-order valence-corrected chi connectivity index (χ1v) is 5.80. The first kappa shape index (κ1) is 13.4. The summed E-state index contributed by atoms with van der Waals surface area (Å²) >= 11 is 0. The highest BCUT2D eigenvalue weighted by Crippen LogP contribution is 2.10. The zero-order valence-electron chi connectivity index (χ0n) is 10.4. The number of carbonyl (C=O) groups excluding carboxylic acids is 1. The van der Waals surface area contributed by atoms with E-state index in [1.807, 2.05) is 31.0 Å². The standard InChI is InChI=1S/C12H20N4O/c1-3-6-14-12(17)9-16(2)11-5-4-10(7-13)15-8-11/h4-5,8H,3,6-7,9,13H2,1-2H3,(H,14,17). The van der Waals surface area contributed by atoms with Crippen molar-refractivity contribution in [3.8, 4) is 0 Å². The maximum atomic E-state index is 11.5. The van der Waals surface area contributed by atoms with Gasteiger partial charge in [-0.05, 0) is 18.6 Å². The highest BCUT2D eigenvalue weighted by atomic mass is 16.2. The summed E-state index contributed by atoms with van der Waals surface area (Å²) in [6, 6.07) is 3.79. The second-order valence-electron chi connectivity index (χ2n) is 3.92. The minimum Gasteiger partial charge on any atom is -0.364 e. The average Bonchev–Trinajstić information content (AvgIpc) is 2.36. The van der Waals surface area contributed by atoms with Crippen LogP contribution in [0.2, 0.25) is 0 Å². The Morgan fingerprint density at radius 3 is 2.82 bits per heavy atom. The minimum absolute atomic E-state index is 0.0252. The van der Waals surface area contributed by atoms with Gasteiger partial charge in [0, 0.05) is 20.1 Å². The summed E-state index contributed by atoms with van der Waals surface area (Å²) in [7, 11) is 1.87. The summed E-state index contributed by atoms with van der Waals surface area (Å²) in [6.45, 7) is 3.52. The maximum Gasteiger partial charge on any atom is 0.239 e. The Morgan fingerprint density at radius 2 is 2.29 bits per heavy atom. The number of nitrogens with zero attached hydrogens (tertiary/aromatic N) is 2. The molecule has 1 heterocycles. The fraction of sp³-hybridized carbons (Fsp3) is 0.500. The third-order valence-corrected chi connectivity index (χ3v) is 2.41. The van der Waals surface area contributed by atoms with Gasteiger partial charge >= 0.3 is 0 Å². The highest BCUT2D eigenvalue weighted by molar-refractivity contribution is 5.81. The lowest BCUT2D eigenvalue weighted by molar-refractivity contribution is -0.119. The summed E-state index contributed by atoms with van der Waals surface area (Å²) in [5, 5.41) is 2.83. The molecule has 17 heavy (non-hydrogen) atoms. The second-order valence-corrected chi connectivity index (χ2v) is 3.92. The molecule has 0 fully saturated rings. The van der Waals surface area contributed by atoms with Crippen LogP contribution in [0.25, 0.3) is 0 Å². The van der Waals surface area contributed by atoms with Crippen LogP contribution in [0, 0.1) is 0 Å². The van der Waals surface area contributed by atoms with E-state index in [9.17, 15) is 4.79 Å². The SMILES string of the molecule is CCCNC(=O)CN(C)c1ccc(CN)nc1. The van der Waals surface area contributed by atoms with Gasteiger partial charge in [-0.2, -0.15) is 0 Å². The molecule has 0 aliphatic heterocycles. The molecule has 0 radical (unpaired) electrons. The van der Waals surface area contributed by atoms with Crippen molar-refractivity contribution in [2.24, 2.45) is 5.73 Å². The molecule has 0 atom stereocenters. The quantitative estimate of drug-likeness (QED) is 0.754. The molecule has 1 rings (SSSR count). The first-order chi connectivity index (χ1) is 8.17. The van der Waals surface area contributed by atoms with Gasteiger partial charge in [-0.1, -0.05) is 6.92 Å². The van der Waals surface area contributed by atoms with Crippen molar-refractivity contribution in [3.05, 3.63) is 24.0 Å². The number of anilines is 1. The smallest absolute Gasteiger partial charge is 0.239 e. The van der Waals surface area contributed by atoms with Crippen molar-refractivity contribution < 1.29 is 4.79 Å². The molecule has 0 aliphatic rings. The molecule has 5 heteroatoms. The number of rotatable bonds is 6. The predicted octanol–water partition coefficient (Wildman–Crippen LogP) is 0.503. The topological polar surface area (TPSA) is 71.2 Å². The normalized spacial score (nSPS) is 10.1. The van der Waals surface area contributed by atoms with Crippen LogP contribution in [0.1, 0.15) is 19.0 Å². The van der Waals surface area contributed by atoms with Gasteiger partial charge in [-0.3, -0.25) is 9.78 Å². The fourth-order valence-electron chi connectivity index (χ4n) is 1.39. The zero-order chi connectivity index (χ0) is 12.7. The van der Waals surface area contributed by atoms with Gasteiger partial charge in [0.05, 0.1) is 24.1 Å². The molecule has 1 aromatic rings. The summed E-state index contributed by atoms with van der Waals surface area (Å²) in [6.07, 6.45) is 2.68. The summed E-state index contributed by atoms with van der Waals surface area (Å²) in [5.41, 5.74) is 7.23. The third kappa shape index (κ3) is 4.40. The number of amides is 1. The molecule has 0 saturated heterocycles. The summed E-state index contributed by atoms with van der Waals surface area (Å²) in [4.78, 5) is 17.6. The van der Waals surface area contributed by atoms with Crippen LogP contribution in [0.5, 0.6) is 0 Å². The molecule has 0 bridgehead atoms. The molecule has 0 spiro atoms. The summed E-state index contributed by atoms with van der Waals surface area (Å²) < 4.78 is 0. The number of aromatic nitrogens is 1. The van der Waals surface area contributed by atoms with E-state index in [1.165, 1.54) is 0 Å². The zero-order valence-corrected chi connectivity index (χ0v) is 10.4. The molecule has 5 nitrogen and oxygen atoms in total. The summed E-state index contributed by atoms with van der Waals surface area (Å²) in [5.74, 6) is 0.0252. The van der Waals surface area contributed by atoms with Crippen LogP contribution in [0.4, 0.5) is 5.69 Å². The van der Waals surface area contributed by atoms with Crippen molar-refractivity contribution in [3.63, 3.8) is 0 Å². The van der Waals surface area contributed by atoms with E-state index < -0.39 is 0 Å². The Kier molecular flexibility index (Phi) is 5.42.